The van der Waals surface area contributed by atoms with E-state index in [4.69, 9.17) is 11.0 Å². The number of hydrogen-bond donors (Lipinski definition) is 1. The summed E-state index contributed by atoms with van der Waals surface area (Å²) in [5.74, 6) is -0.585. The lowest BCUT2D eigenvalue weighted by atomic mass is 10.1. The van der Waals surface area contributed by atoms with Crippen LogP contribution >= 0.6 is 0 Å². The lowest BCUT2D eigenvalue weighted by Crippen LogP contribution is -2.23. The van der Waals surface area contributed by atoms with Crippen LogP contribution in [-0.4, -0.2) is 12.6 Å². The van der Waals surface area contributed by atoms with Crippen molar-refractivity contribution in [3.8, 4) is 6.07 Å². The van der Waals surface area contributed by atoms with Gasteiger partial charge in [-0.3, -0.25) is 0 Å². The van der Waals surface area contributed by atoms with Crippen molar-refractivity contribution in [1.29, 1.82) is 5.26 Å². The first kappa shape index (κ1) is 10.2. The fourth-order valence-corrected chi connectivity index (χ4v) is 0.990. The van der Waals surface area contributed by atoms with Crippen molar-refractivity contribution < 1.29 is 9.53 Å². The molecular formula is C10H10N2O2. The van der Waals surface area contributed by atoms with E-state index < -0.39 is 12.0 Å². The quantitative estimate of drug-likeness (QED) is 0.713. The van der Waals surface area contributed by atoms with Crippen LogP contribution in [0.4, 0.5) is 0 Å². The summed E-state index contributed by atoms with van der Waals surface area (Å²) in [5, 5.41) is 8.20. The maximum atomic E-state index is 11.2. The van der Waals surface area contributed by atoms with Gasteiger partial charge in [-0.2, -0.15) is 5.26 Å². The van der Waals surface area contributed by atoms with E-state index in [1.807, 2.05) is 6.07 Å². The van der Waals surface area contributed by atoms with Crippen molar-refractivity contribution in [1.82, 2.24) is 0 Å². The Morgan fingerprint density at radius 1 is 1.50 bits per heavy atom. The van der Waals surface area contributed by atoms with Gasteiger partial charge in [-0.05, 0) is 5.56 Å². The molecule has 2 N–H and O–H groups in total. The van der Waals surface area contributed by atoms with Gasteiger partial charge >= 0.3 is 5.97 Å². The summed E-state index contributed by atoms with van der Waals surface area (Å²) < 4.78 is 4.58. The normalized spacial score (nSPS) is 11.4. The number of nitrogens with two attached hydrogens (primary N) is 1. The Morgan fingerprint density at radius 3 is 2.71 bits per heavy atom. The highest BCUT2D eigenvalue weighted by molar-refractivity contribution is 5.77. The summed E-state index contributed by atoms with van der Waals surface area (Å²) in [6.45, 7) is -0.265. The minimum Gasteiger partial charge on any atom is -0.449 e. The topological polar surface area (TPSA) is 76.1 Å². The van der Waals surface area contributed by atoms with Crippen molar-refractivity contribution in [2.75, 3.05) is 6.61 Å². The van der Waals surface area contributed by atoms with Gasteiger partial charge in [0.2, 0.25) is 0 Å². The molecule has 1 rings (SSSR count). The number of rotatable bonds is 3. The van der Waals surface area contributed by atoms with E-state index in [9.17, 15) is 4.79 Å². The number of esters is 1. The lowest BCUT2D eigenvalue weighted by molar-refractivity contribution is -0.143. The third kappa shape index (κ3) is 2.57. The number of benzene rings is 1. The average Bonchev–Trinajstić information content (AvgIpc) is 2.26. The van der Waals surface area contributed by atoms with Crippen LogP contribution in [0, 0.1) is 11.3 Å². The molecule has 0 bridgehead atoms. The van der Waals surface area contributed by atoms with Gasteiger partial charge in [-0.15, -0.1) is 0 Å². The van der Waals surface area contributed by atoms with Gasteiger partial charge < -0.3 is 10.5 Å². The molecule has 0 spiro atoms. The molecule has 72 valence electrons. The zero-order valence-electron chi connectivity index (χ0n) is 7.51. The summed E-state index contributed by atoms with van der Waals surface area (Å²) in [6.07, 6.45) is 0. The number of hydrogen-bond acceptors (Lipinski definition) is 4. The molecule has 0 amide bonds. The highest BCUT2D eigenvalue weighted by atomic mass is 16.5. The second-order valence-corrected chi connectivity index (χ2v) is 2.65. The van der Waals surface area contributed by atoms with Crippen molar-refractivity contribution >= 4 is 5.97 Å². The fraction of sp³-hybridized carbons (Fsp3) is 0.200. The smallest absolute Gasteiger partial charge is 0.328 e. The minimum atomic E-state index is -0.815. The van der Waals surface area contributed by atoms with Crippen LogP contribution in [0.15, 0.2) is 30.3 Å². The summed E-state index contributed by atoms with van der Waals surface area (Å²) in [7, 11) is 0. The molecule has 4 heteroatoms. The second kappa shape index (κ2) is 5.00. The van der Waals surface area contributed by atoms with Gasteiger partial charge in [0.15, 0.2) is 6.61 Å². The summed E-state index contributed by atoms with van der Waals surface area (Å²) in [4.78, 5) is 11.2. The van der Waals surface area contributed by atoms with Crippen LogP contribution in [0.2, 0.25) is 0 Å². The Labute approximate surface area is 81.9 Å². The van der Waals surface area contributed by atoms with Crippen molar-refractivity contribution in [2.45, 2.75) is 6.04 Å². The molecule has 4 nitrogen and oxygen atoms in total. The molecule has 14 heavy (non-hydrogen) atoms. The molecule has 0 aromatic heterocycles. The molecule has 0 saturated heterocycles. The number of nitrogens with zero attached hydrogens (tertiary/aromatic N) is 1. The first-order valence-electron chi connectivity index (χ1n) is 4.10. The van der Waals surface area contributed by atoms with Crippen LogP contribution in [0.1, 0.15) is 11.6 Å². The van der Waals surface area contributed by atoms with E-state index in [-0.39, 0.29) is 6.61 Å². The molecule has 1 atom stereocenters. The molecule has 0 aliphatic heterocycles. The molecule has 0 heterocycles. The van der Waals surface area contributed by atoms with E-state index in [2.05, 4.69) is 4.74 Å². The van der Waals surface area contributed by atoms with Gasteiger partial charge in [0, 0.05) is 0 Å². The highest BCUT2D eigenvalue weighted by Crippen LogP contribution is 2.10. The molecule has 0 radical (unpaired) electrons. The maximum absolute atomic E-state index is 11.2. The number of ether oxygens (including phenoxy) is 1. The van der Waals surface area contributed by atoms with E-state index in [0.29, 0.717) is 5.56 Å². The molecule has 1 unspecified atom stereocenters. The molecule has 0 aliphatic rings. The third-order valence-electron chi connectivity index (χ3n) is 1.69. The predicted octanol–water partition coefficient (Wildman–Crippen LogP) is 0.753. The van der Waals surface area contributed by atoms with E-state index >= 15 is 0 Å². The average molecular weight is 190 g/mol. The molecule has 1 aromatic carbocycles. The Bertz CT molecular complexity index is 343. The van der Waals surface area contributed by atoms with Crippen LogP contribution < -0.4 is 5.73 Å². The van der Waals surface area contributed by atoms with Gasteiger partial charge in [0.25, 0.3) is 0 Å². The number of carbonyl (C=O) groups is 1. The van der Waals surface area contributed by atoms with Gasteiger partial charge in [0.05, 0.1) is 0 Å². The summed E-state index contributed by atoms with van der Waals surface area (Å²) in [5.41, 5.74) is 6.27. The zero-order chi connectivity index (χ0) is 10.4. The standard InChI is InChI=1S/C10H10N2O2/c11-6-7-14-10(13)9(12)8-4-2-1-3-5-8/h1-5,9H,7,12H2. The predicted molar refractivity (Wildman–Crippen MR) is 49.9 cm³/mol. The van der Waals surface area contributed by atoms with Crippen LogP contribution in [0.3, 0.4) is 0 Å². The maximum Gasteiger partial charge on any atom is 0.328 e. The Balaban J connectivity index is 2.62. The second-order valence-electron chi connectivity index (χ2n) is 2.65. The first-order valence-corrected chi connectivity index (χ1v) is 4.10. The van der Waals surface area contributed by atoms with Crippen LogP contribution in [0.5, 0.6) is 0 Å². The third-order valence-corrected chi connectivity index (χ3v) is 1.69. The summed E-state index contributed by atoms with van der Waals surface area (Å²) in [6, 6.07) is 9.76. The fourth-order valence-electron chi connectivity index (χ4n) is 0.990. The minimum absolute atomic E-state index is 0.265. The van der Waals surface area contributed by atoms with Crippen molar-refractivity contribution in [3.63, 3.8) is 0 Å². The van der Waals surface area contributed by atoms with E-state index in [1.165, 1.54) is 0 Å². The Morgan fingerprint density at radius 2 is 2.14 bits per heavy atom. The number of carbonyl (C=O) groups excluding carboxylic acids is 1. The molecule has 0 aliphatic carbocycles. The van der Waals surface area contributed by atoms with Gasteiger partial charge in [-0.1, -0.05) is 30.3 Å². The van der Waals surface area contributed by atoms with Gasteiger partial charge in [-0.25, -0.2) is 4.79 Å². The first-order chi connectivity index (χ1) is 6.75. The highest BCUT2D eigenvalue weighted by Gasteiger charge is 2.16. The summed E-state index contributed by atoms with van der Waals surface area (Å²) >= 11 is 0. The number of nitriles is 1. The largest absolute Gasteiger partial charge is 0.449 e. The molecule has 0 fully saturated rings. The Hall–Kier alpha value is -1.86. The molecule has 1 aromatic rings. The van der Waals surface area contributed by atoms with Gasteiger partial charge in [0.1, 0.15) is 12.1 Å². The van der Waals surface area contributed by atoms with Crippen molar-refractivity contribution in [2.24, 2.45) is 5.73 Å². The van der Waals surface area contributed by atoms with Crippen LogP contribution in [-0.2, 0) is 9.53 Å². The SMILES string of the molecule is N#CCOC(=O)C(N)c1ccccc1. The van der Waals surface area contributed by atoms with Crippen molar-refractivity contribution in [3.05, 3.63) is 35.9 Å². The lowest BCUT2D eigenvalue weighted by Gasteiger charge is -2.09. The molecule has 0 saturated carbocycles. The molecular weight excluding hydrogens is 180 g/mol. The monoisotopic (exact) mass is 190 g/mol. The van der Waals surface area contributed by atoms with Crippen LogP contribution in [0.25, 0.3) is 0 Å². The van der Waals surface area contributed by atoms with E-state index in [0.717, 1.165) is 0 Å². The zero-order valence-corrected chi connectivity index (χ0v) is 7.51. The van der Waals surface area contributed by atoms with E-state index in [1.54, 1.807) is 30.3 Å². The Kier molecular flexibility index (Phi) is 3.65.